The van der Waals surface area contributed by atoms with Gasteiger partial charge in [-0.2, -0.15) is 0 Å². The number of hydrogen-bond acceptors (Lipinski definition) is 5. The summed E-state index contributed by atoms with van der Waals surface area (Å²) in [7, 11) is 3.96. The van der Waals surface area contributed by atoms with Crippen LogP contribution in [0.15, 0.2) is 18.2 Å². The SMILES string of the molecule is COc1ccc2nc(CN(C)C3CC4CCC(C3)N4)sc2c1. The Morgan fingerprint density at radius 2 is 2.09 bits per heavy atom. The van der Waals surface area contributed by atoms with Crippen LogP contribution < -0.4 is 10.1 Å². The molecule has 2 aliphatic heterocycles. The molecule has 2 aromatic rings. The summed E-state index contributed by atoms with van der Waals surface area (Å²) in [5.41, 5.74) is 1.08. The van der Waals surface area contributed by atoms with Crippen molar-refractivity contribution in [2.24, 2.45) is 0 Å². The Kier molecular flexibility index (Phi) is 3.80. The summed E-state index contributed by atoms with van der Waals surface area (Å²) in [4.78, 5) is 7.28. The number of rotatable bonds is 4. The van der Waals surface area contributed by atoms with Gasteiger partial charge in [-0.3, -0.25) is 4.90 Å². The van der Waals surface area contributed by atoms with Crippen LogP contribution in [0.2, 0.25) is 0 Å². The molecule has 5 heteroatoms. The highest BCUT2D eigenvalue weighted by molar-refractivity contribution is 7.18. The number of benzene rings is 1. The molecule has 2 fully saturated rings. The number of methoxy groups -OCH3 is 1. The molecule has 0 aliphatic carbocycles. The minimum absolute atomic E-state index is 0.695. The monoisotopic (exact) mass is 317 g/mol. The molecule has 1 aromatic carbocycles. The van der Waals surface area contributed by atoms with E-state index in [0.717, 1.165) is 29.9 Å². The fraction of sp³-hybridized carbons (Fsp3) is 0.588. The number of piperidine rings is 1. The predicted molar refractivity (Wildman–Crippen MR) is 90.6 cm³/mol. The normalized spacial score (nSPS) is 27.7. The largest absolute Gasteiger partial charge is 0.497 e. The maximum atomic E-state index is 5.30. The van der Waals surface area contributed by atoms with E-state index < -0.39 is 0 Å². The first-order valence-corrected chi connectivity index (χ1v) is 8.92. The van der Waals surface area contributed by atoms with Crippen LogP contribution in [0.4, 0.5) is 0 Å². The van der Waals surface area contributed by atoms with Crippen molar-refractivity contribution in [1.82, 2.24) is 15.2 Å². The van der Waals surface area contributed by atoms with E-state index in [9.17, 15) is 0 Å². The topological polar surface area (TPSA) is 37.4 Å². The Morgan fingerprint density at radius 1 is 1.32 bits per heavy atom. The third-order valence-electron chi connectivity index (χ3n) is 5.10. The highest BCUT2D eigenvalue weighted by atomic mass is 32.1. The molecule has 2 atom stereocenters. The number of nitrogens with one attached hydrogen (secondary N) is 1. The van der Waals surface area contributed by atoms with E-state index in [1.165, 1.54) is 35.4 Å². The molecule has 0 saturated carbocycles. The van der Waals surface area contributed by atoms with E-state index in [1.807, 2.05) is 6.07 Å². The third-order valence-corrected chi connectivity index (χ3v) is 6.10. The zero-order chi connectivity index (χ0) is 15.1. The molecule has 4 rings (SSSR count). The van der Waals surface area contributed by atoms with E-state index in [0.29, 0.717) is 6.04 Å². The lowest BCUT2D eigenvalue weighted by atomic mass is 9.99. The minimum Gasteiger partial charge on any atom is -0.497 e. The minimum atomic E-state index is 0.695. The van der Waals surface area contributed by atoms with Gasteiger partial charge in [-0.05, 0) is 50.9 Å². The van der Waals surface area contributed by atoms with Crippen LogP contribution in [0.3, 0.4) is 0 Å². The molecular weight excluding hydrogens is 294 g/mol. The predicted octanol–water partition coefficient (Wildman–Crippen LogP) is 3.02. The average molecular weight is 317 g/mol. The zero-order valence-corrected chi connectivity index (χ0v) is 14.0. The third kappa shape index (κ3) is 2.73. The lowest BCUT2D eigenvalue weighted by molar-refractivity contribution is 0.166. The molecule has 118 valence electrons. The molecule has 2 saturated heterocycles. The Bertz CT molecular complexity index is 659. The summed E-state index contributed by atoms with van der Waals surface area (Å²) in [6.07, 6.45) is 5.28. The lowest BCUT2D eigenvalue weighted by Gasteiger charge is -2.35. The zero-order valence-electron chi connectivity index (χ0n) is 13.2. The molecule has 2 aliphatic rings. The highest BCUT2D eigenvalue weighted by Gasteiger charge is 2.35. The Morgan fingerprint density at radius 3 is 2.82 bits per heavy atom. The number of nitrogens with zero attached hydrogens (tertiary/aromatic N) is 2. The molecule has 1 aromatic heterocycles. The van der Waals surface area contributed by atoms with Gasteiger partial charge in [0.25, 0.3) is 0 Å². The van der Waals surface area contributed by atoms with Gasteiger partial charge in [-0.15, -0.1) is 11.3 Å². The Hall–Kier alpha value is -1.17. The summed E-state index contributed by atoms with van der Waals surface area (Å²) in [6, 6.07) is 8.30. The van der Waals surface area contributed by atoms with Crippen LogP contribution >= 0.6 is 11.3 Å². The van der Waals surface area contributed by atoms with Crippen molar-refractivity contribution in [3.63, 3.8) is 0 Å². The Labute approximate surface area is 135 Å². The first-order chi connectivity index (χ1) is 10.7. The molecule has 0 amide bonds. The molecule has 0 radical (unpaired) electrons. The van der Waals surface area contributed by atoms with Gasteiger partial charge in [0.15, 0.2) is 0 Å². The summed E-state index contributed by atoms with van der Waals surface area (Å²) < 4.78 is 6.52. The van der Waals surface area contributed by atoms with Crippen LogP contribution in [-0.4, -0.2) is 42.2 Å². The second kappa shape index (κ2) is 5.80. The molecule has 1 N–H and O–H groups in total. The van der Waals surface area contributed by atoms with E-state index in [-0.39, 0.29) is 0 Å². The van der Waals surface area contributed by atoms with Crippen LogP contribution in [0.1, 0.15) is 30.7 Å². The van der Waals surface area contributed by atoms with Gasteiger partial charge in [0.1, 0.15) is 10.8 Å². The first-order valence-electron chi connectivity index (χ1n) is 8.11. The molecule has 22 heavy (non-hydrogen) atoms. The van der Waals surface area contributed by atoms with Gasteiger partial charge < -0.3 is 10.1 Å². The van der Waals surface area contributed by atoms with E-state index >= 15 is 0 Å². The van der Waals surface area contributed by atoms with Gasteiger partial charge in [-0.1, -0.05) is 0 Å². The second-order valence-corrected chi connectivity index (χ2v) is 7.73. The van der Waals surface area contributed by atoms with E-state index in [1.54, 1.807) is 18.4 Å². The van der Waals surface area contributed by atoms with Gasteiger partial charge >= 0.3 is 0 Å². The summed E-state index contributed by atoms with van der Waals surface area (Å²) in [5, 5.41) is 4.92. The maximum Gasteiger partial charge on any atom is 0.120 e. The molecule has 2 bridgehead atoms. The maximum absolute atomic E-state index is 5.30. The number of thiazole rings is 1. The first kappa shape index (κ1) is 14.4. The van der Waals surface area contributed by atoms with Gasteiger partial charge in [0.2, 0.25) is 0 Å². The van der Waals surface area contributed by atoms with Crippen LogP contribution in [0.25, 0.3) is 10.2 Å². The van der Waals surface area contributed by atoms with Crippen molar-refractivity contribution < 1.29 is 4.74 Å². The van der Waals surface area contributed by atoms with Crippen molar-refractivity contribution >= 4 is 21.6 Å². The molecule has 2 unspecified atom stereocenters. The summed E-state index contributed by atoms with van der Waals surface area (Å²) >= 11 is 1.79. The van der Waals surface area contributed by atoms with Gasteiger partial charge in [0.05, 0.1) is 23.9 Å². The van der Waals surface area contributed by atoms with Crippen molar-refractivity contribution in [2.45, 2.75) is 50.4 Å². The van der Waals surface area contributed by atoms with Crippen molar-refractivity contribution in [3.05, 3.63) is 23.2 Å². The lowest BCUT2D eigenvalue weighted by Crippen LogP contribution is -2.46. The molecular formula is C17H23N3OS. The van der Waals surface area contributed by atoms with E-state index in [4.69, 9.17) is 9.72 Å². The van der Waals surface area contributed by atoms with Crippen molar-refractivity contribution in [1.29, 1.82) is 0 Å². The molecule has 0 spiro atoms. The quantitative estimate of drug-likeness (QED) is 0.940. The fourth-order valence-electron chi connectivity index (χ4n) is 3.88. The smallest absolute Gasteiger partial charge is 0.120 e. The van der Waals surface area contributed by atoms with Crippen LogP contribution in [0, 0.1) is 0 Å². The summed E-state index contributed by atoms with van der Waals surface area (Å²) in [6.45, 7) is 0.950. The molecule has 4 nitrogen and oxygen atoms in total. The Balaban J connectivity index is 1.48. The second-order valence-electron chi connectivity index (χ2n) is 6.62. The van der Waals surface area contributed by atoms with E-state index in [2.05, 4.69) is 29.4 Å². The van der Waals surface area contributed by atoms with Gasteiger partial charge in [0, 0.05) is 18.1 Å². The standard InChI is InChI=1S/C17H23N3OS/c1-20(13-7-11-3-4-12(8-13)18-11)10-17-19-15-6-5-14(21-2)9-16(15)22-17/h5-6,9,11-13,18H,3-4,7-8,10H2,1-2H3. The number of hydrogen-bond donors (Lipinski definition) is 1. The van der Waals surface area contributed by atoms with Crippen molar-refractivity contribution in [2.75, 3.05) is 14.2 Å². The van der Waals surface area contributed by atoms with Crippen LogP contribution in [-0.2, 0) is 6.54 Å². The van der Waals surface area contributed by atoms with Crippen molar-refractivity contribution in [3.8, 4) is 5.75 Å². The number of aromatic nitrogens is 1. The van der Waals surface area contributed by atoms with Gasteiger partial charge in [-0.25, -0.2) is 4.98 Å². The fourth-order valence-corrected chi connectivity index (χ4v) is 4.94. The number of fused-ring (bicyclic) bond motifs is 3. The summed E-state index contributed by atoms with van der Waals surface area (Å²) in [5.74, 6) is 0.908. The molecule has 3 heterocycles. The number of ether oxygens (including phenoxy) is 1. The highest BCUT2D eigenvalue weighted by Crippen LogP contribution is 2.31. The van der Waals surface area contributed by atoms with Crippen LogP contribution in [0.5, 0.6) is 5.75 Å². The average Bonchev–Trinajstić information content (AvgIpc) is 3.08.